The van der Waals surface area contributed by atoms with Crippen molar-refractivity contribution < 1.29 is 5.11 Å². The number of hydrogen-bond acceptors (Lipinski definition) is 2. The van der Waals surface area contributed by atoms with Crippen molar-refractivity contribution in [1.29, 1.82) is 0 Å². The van der Waals surface area contributed by atoms with Crippen LogP contribution in [0.25, 0.3) is 0 Å². The third-order valence-electron chi connectivity index (χ3n) is 8.26. The second-order valence-corrected chi connectivity index (χ2v) is 10.2. The van der Waals surface area contributed by atoms with Crippen molar-refractivity contribution in [3.8, 4) is 0 Å². The van der Waals surface area contributed by atoms with Gasteiger partial charge in [-0.3, -0.25) is 0 Å². The number of nitrogens with one attached hydrogen (secondary N) is 1. The van der Waals surface area contributed by atoms with Gasteiger partial charge >= 0.3 is 0 Å². The Morgan fingerprint density at radius 3 is 1.68 bits per heavy atom. The van der Waals surface area contributed by atoms with Gasteiger partial charge in [-0.25, -0.2) is 0 Å². The number of hydrogen-bond donors (Lipinski definition) is 2. The number of rotatable bonds is 0. The van der Waals surface area contributed by atoms with Crippen LogP contribution in [-0.4, -0.2) is 22.3 Å². The average Bonchev–Trinajstić information content (AvgIpc) is 2.40. The zero-order valence-electron chi connectivity index (χ0n) is 16.5. The lowest BCUT2D eigenvalue weighted by Gasteiger charge is -2.57. The van der Waals surface area contributed by atoms with Gasteiger partial charge in [-0.15, -0.1) is 0 Å². The van der Waals surface area contributed by atoms with Crippen LogP contribution in [-0.2, 0) is 0 Å². The van der Waals surface area contributed by atoms with Crippen LogP contribution >= 0.6 is 0 Å². The molecule has 2 fully saturated rings. The predicted molar refractivity (Wildman–Crippen MR) is 94.7 cm³/mol. The molecular formula is C20H39NO. The summed E-state index contributed by atoms with van der Waals surface area (Å²) < 4.78 is 0. The Morgan fingerprint density at radius 2 is 1.18 bits per heavy atom. The highest BCUT2D eigenvalue weighted by atomic mass is 16.3. The third-order valence-corrected chi connectivity index (χ3v) is 8.26. The maximum absolute atomic E-state index is 11.3. The van der Waals surface area contributed by atoms with E-state index in [9.17, 15) is 5.11 Å². The average molecular weight is 310 g/mol. The lowest BCUT2D eigenvalue weighted by Crippen LogP contribution is -2.61. The lowest BCUT2D eigenvalue weighted by molar-refractivity contribution is -0.109. The van der Waals surface area contributed by atoms with E-state index in [4.69, 9.17) is 0 Å². The van der Waals surface area contributed by atoms with Crippen molar-refractivity contribution in [3.63, 3.8) is 0 Å². The topological polar surface area (TPSA) is 32.3 Å². The molecular weight excluding hydrogens is 270 g/mol. The molecule has 1 saturated heterocycles. The van der Waals surface area contributed by atoms with Crippen molar-refractivity contribution in [3.05, 3.63) is 0 Å². The molecule has 2 aliphatic rings. The fourth-order valence-electron chi connectivity index (χ4n) is 5.87. The second-order valence-electron chi connectivity index (χ2n) is 10.2. The maximum atomic E-state index is 11.3. The second kappa shape index (κ2) is 5.21. The van der Waals surface area contributed by atoms with Crippen molar-refractivity contribution in [2.75, 3.05) is 0 Å². The third kappa shape index (κ3) is 2.36. The monoisotopic (exact) mass is 309 g/mol. The van der Waals surface area contributed by atoms with Gasteiger partial charge in [0.2, 0.25) is 0 Å². The van der Waals surface area contributed by atoms with Crippen LogP contribution in [0.5, 0.6) is 0 Å². The van der Waals surface area contributed by atoms with Crippen LogP contribution in [0.4, 0.5) is 0 Å². The minimum atomic E-state index is -0.300. The number of aliphatic hydroxyl groups excluding tert-OH is 1. The Labute approximate surface area is 138 Å². The molecule has 0 radical (unpaired) electrons. The molecule has 0 aromatic rings. The van der Waals surface area contributed by atoms with Gasteiger partial charge in [0.1, 0.15) is 0 Å². The molecule has 0 aromatic heterocycles. The van der Waals surface area contributed by atoms with E-state index in [0.717, 1.165) is 0 Å². The molecule has 0 bridgehead atoms. The van der Waals surface area contributed by atoms with E-state index >= 15 is 0 Å². The quantitative estimate of drug-likeness (QED) is 0.698. The van der Waals surface area contributed by atoms with Gasteiger partial charge in [-0.2, -0.15) is 0 Å². The van der Waals surface area contributed by atoms with Crippen LogP contribution in [0.3, 0.4) is 0 Å². The molecule has 2 nitrogen and oxygen atoms in total. The molecule has 0 aromatic carbocycles. The Morgan fingerprint density at radius 1 is 0.727 bits per heavy atom. The van der Waals surface area contributed by atoms with Crippen LogP contribution in [0.15, 0.2) is 0 Å². The van der Waals surface area contributed by atoms with Crippen molar-refractivity contribution in [2.24, 2.45) is 40.9 Å². The van der Waals surface area contributed by atoms with Crippen molar-refractivity contribution in [1.82, 2.24) is 5.32 Å². The molecule has 1 heterocycles. The standard InChI is InChI=1S/C20H39NO/c1-11-12(2)14(4)16-15(13(11)3)17(22)19(7,8)21-20(9,10)18(16,5)6/h11-17,21-22H,1-10H3. The summed E-state index contributed by atoms with van der Waals surface area (Å²) in [6.45, 7) is 23.4. The smallest absolute Gasteiger partial charge is 0.0750 e. The van der Waals surface area contributed by atoms with Gasteiger partial charge in [0.05, 0.1) is 6.10 Å². The summed E-state index contributed by atoms with van der Waals surface area (Å²) in [5.41, 5.74) is -0.131. The first kappa shape index (κ1) is 18.3. The Balaban J connectivity index is 2.63. The summed E-state index contributed by atoms with van der Waals surface area (Å²) in [6.07, 6.45) is -0.300. The van der Waals surface area contributed by atoms with E-state index in [0.29, 0.717) is 35.5 Å². The zero-order valence-corrected chi connectivity index (χ0v) is 16.5. The first-order chi connectivity index (χ1) is 9.75. The first-order valence-corrected chi connectivity index (χ1v) is 9.23. The molecule has 7 atom stereocenters. The molecule has 7 unspecified atom stereocenters. The van der Waals surface area contributed by atoms with E-state index in [1.165, 1.54) is 0 Å². The molecule has 2 N–H and O–H groups in total. The van der Waals surface area contributed by atoms with Crippen LogP contribution in [0.2, 0.25) is 0 Å². The molecule has 0 spiro atoms. The van der Waals surface area contributed by atoms with E-state index < -0.39 is 0 Å². The van der Waals surface area contributed by atoms with Crippen LogP contribution < -0.4 is 5.32 Å². The number of aliphatic hydroxyl groups is 1. The molecule has 1 aliphatic heterocycles. The van der Waals surface area contributed by atoms with E-state index in [1.807, 2.05) is 0 Å². The first-order valence-electron chi connectivity index (χ1n) is 9.23. The summed E-state index contributed by atoms with van der Waals surface area (Å²) in [5, 5.41) is 15.1. The normalized spacial score (nSPS) is 50.0. The van der Waals surface area contributed by atoms with E-state index in [-0.39, 0.29) is 22.6 Å². The van der Waals surface area contributed by atoms with Gasteiger partial charge in [0.15, 0.2) is 0 Å². The highest BCUT2D eigenvalue weighted by Crippen LogP contribution is 2.59. The summed E-state index contributed by atoms with van der Waals surface area (Å²) in [4.78, 5) is 0. The molecule has 0 amide bonds. The molecule has 1 saturated carbocycles. The molecule has 1 aliphatic carbocycles. The lowest BCUT2D eigenvalue weighted by atomic mass is 9.48. The Hall–Kier alpha value is -0.0800. The molecule has 130 valence electrons. The van der Waals surface area contributed by atoms with Gasteiger partial charge in [0.25, 0.3) is 0 Å². The summed E-state index contributed by atoms with van der Waals surface area (Å²) in [5.74, 6) is 3.46. The summed E-state index contributed by atoms with van der Waals surface area (Å²) in [6, 6.07) is 0. The minimum absolute atomic E-state index is 0.00876. The van der Waals surface area contributed by atoms with Gasteiger partial charge in [0, 0.05) is 11.1 Å². The summed E-state index contributed by atoms with van der Waals surface area (Å²) in [7, 11) is 0. The van der Waals surface area contributed by atoms with Crippen LogP contribution in [0.1, 0.15) is 69.2 Å². The summed E-state index contributed by atoms with van der Waals surface area (Å²) >= 11 is 0. The Bertz CT molecular complexity index is 425. The maximum Gasteiger partial charge on any atom is 0.0750 e. The largest absolute Gasteiger partial charge is 0.391 e. The van der Waals surface area contributed by atoms with Crippen LogP contribution in [0, 0.1) is 40.9 Å². The zero-order chi connectivity index (χ0) is 17.2. The molecule has 2 heteroatoms. The van der Waals surface area contributed by atoms with E-state index in [1.54, 1.807) is 0 Å². The highest BCUT2D eigenvalue weighted by Gasteiger charge is 2.60. The minimum Gasteiger partial charge on any atom is -0.391 e. The Kier molecular flexibility index (Phi) is 4.32. The van der Waals surface area contributed by atoms with Crippen molar-refractivity contribution in [2.45, 2.75) is 86.4 Å². The van der Waals surface area contributed by atoms with E-state index in [2.05, 4.69) is 74.6 Å². The fraction of sp³-hybridized carbons (Fsp3) is 1.00. The van der Waals surface area contributed by atoms with Gasteiger partial charge in [-0.05, 0) is 68.6 Å². The van der Waals surface area contributed by atoms with Crippen molar-refractivity contribution >= 4 is 0 Å². The highest BCUT2D eigenvalue weighted by molar-refractivity contribution is 5.13. The molecule has 2 rings (SSSR count). The van der Waals surface area contributed by atoms with Gasteiger partial charge in [-0.1, -0.05) is 41.5 Å². The fourth-order valence-corrected chi connectivity index (χ4v) is 5.87. The van der Waals surface area contributed by atoms with Gasteiger partial charge < -0.3 is 10.4 Å². The predicted octanol–water partition coefficient (Wildman–Crippen LogP) is 4.32. The SMILES string of the molecule is CC1C(C)C(C)C2C(C1C)C(O)C(C)(C)NC(C)(C)C2(C)C. The molecule has 22 heavy (non-hydrogen) atoms. The number of fused-ring (bicyclic) bond motifs is 1.